The third-order valence-corrected chi connectivity index (χ3v) is 21.5. The Morgan fingerprint density at radius 1 is 0.569 bits per heavy atom. The zero-order valence-corrected chi connectivity index (χ0v) is 45.1. The Kier molecular flexibility index (Phi) is 15.6. The first kappa shape index (κ1) is 52.4. The first-order valence-corrected chi connectivity index (χ1v) is 28.3. The minimum Gasteiger partial charge on any atom is -0.469 e. The van der Waals surface area contributed by atoms with Gasteiger partial charge in [-0.2, -0.15) is 0 Å². The second kappa shape index (κ2) is 21.4. The molecule has 0 bridgehead atoms. The monoisotopic (exact) mass is 983 g/mol. The van der Waals surface area contributed by atoms with Gasteiger partial charge in [-0.25, -0.2) is 9.59 Å². The van der Waals surface area contributed by atoms with E-state index in [1.807, 2.05) is 60.7 Å². The van der Waals surface area contributed by atoms with Crippen LogP contribution in [0.25, 0.3) is 0 Å². The van der Waals surface area contributed by atoms with Gasteiger partial charge in [-0.1, -0.05) is 113 Å². The van der Waals surface area contributed by atoms with Crippen LogP contribution in [0, 0.1) is 74.9 Å². The van der Waals surface area contributed by atoms with Crippen LogP contribution in [0.1, 0.15) is 184 Å². The number of methoxy groups -OCH3 is 2. The van der Waals surface area contributed by atoms with E-state index >= 15 is 0 Å². The number of allylic oxidation sites excluding steroid dienone is 6. The largest absolute Gasteiger partial charge is 0.469 e. The molecule has 15 atom stereocenters. The van der Waals surface area contributed by atoms with Crippen molar-refractivity contribution in [3.05, 3.63) is 107 Å². The minimum absolute atomic E-state index is 0.0252. The van der Waals surface area contributed by atoms with Crippen molar-refractivity contribution < 1.29 is 38.1 Å². The SMILES string of the molecule is COC(=O)CC[C@@H](C)C1=CC[C@H]2[C@@H]3CC[C@@H]4C[C@H](OC(=O)c5ccccc5)CC[C@]4(C)C3=CC[C@]12C.COC(=O)CC[C@@H](C)C1CC[C@H]2[C@@H]3CC[C@@H]4C[C@H](OC(=O)c5ccccc5)CC[C@]4(C)C3=CC[C@]12C. The first-order valence-electron chi connectivity index (χ1n) is 28.3. The summed E-state index contributed by atoms with van der Waals surface area (Å²) in [7, 11) is 2.97. The molecule has 10 rings (SSSR count). The number of hydrogen-bond donors (Lipinski definition) is 0. The van der Waals surface area contributed by atoms with Crippen molar-refractivity contribution in [2.75, 3.05) is 14.2 Å². The average Bonchev–Trinajstić information content (AvgIpc) is 3.94. The van der Waals surface area contributed by atoms with E-state index < -0.39 is 0 Å². The van der Waals surface area contributed by atoms with Gasteiger partial charge in [-0.3, -0.25) is 9.59 Å². The summed E-state index contributed by atoms with van der Waals surface area (Å²) < 4.78 is 21.8. The van der Waals surface area contributed by atoms with Crippen molar-refractivity contribution in [2.45, 2.75) is 176 Å². The quantitative estimate of drug-likeness (QED) is 0.118. The normalized spacial score (nSPS) is 37.0. The highest BCUT2D eigenvalue weighted by molar-refractivity contribution is 5.90. The molecular weight excluding hydrogens is 897 g/mol. The lowest BCUT2D eigenvalue weighted by molar-refractivity contribution is -0.141. The van der Waals surface area contributed by atoms with E-state index in [2.05, 4.69) is 59.8 Å². The molecule has 0 radical (unpaired) electrons. The lowest BCUT2D eigenvalue weighted by Crippen LogP contribution is -2.49. The fourth-order valence-electron chi connectivity index (χ4n) is 17.4. The van der Waals surface area contributed by atoms with Gasteiger partial charge in [0.2, 0.25) is 0 Å². The maximum atomic E-state index is 12.7. The van der Waals surface area contributed by atoms with Crippen LogP contribution in [-0.2, 0) is 28.5 Å². The summed E-state index contributed by atoms with van der Waals surface area (Å²) in [6.45, 7) is 14.7. The Balaban J connectivity index is 0.000000178. The van der Waals surface area contributed by atoms with Crippen LogP contribution in [0.4, 0.5) is 0 Å². The highest BCUT2D eigenvalue weighted by Gasteiger charge is 2.59. The van der Waals surface area contributed by atoms with Crippen molar-refractivity contribution in [3.8, 4) is 0 Å². The molecule has 2 aromatic rings. The maximum absolute atomic E-state index is 12.7. The van der Waals surface area contributed by atoms with Crippen LogP contribution in [-0.4, -0.2) is 50.3 Å². The average molecular weight is 983 g/mol. The second-order valence-electron chi connectivity index (χ2n) is 25.0. The molecule has 72 heavy (non-hydrogen) atoms. The minimum atomic E-state index is -0.184. The highest BCUT2D eigenvalue weighted by Crippen LogP contribution is 2.68. The molecule has 390 valence electrons. The number of ether oxygens (including phenoxy) is 4. The summed E-state index contributed by atoms with van der Waals surface area (Å²) in [5.41, 5.74) is 7.31. The Morgan fingerprint density at radius 3 is 1.60 bits per heavy atom. The molecule has 0 spiro atoms. The number of benzene rings is 2. The fourth-order valence-corrected chi connectivity index (χ4v) is 17.4. The third-order valence-electron chi connectivity index (χ3n) is 21.5. The number of esters is 4. The fraction of sp³-hybridized carbons (Fsp3) is 0.656. The van der Waals surface area contributed by atoms with E-state index in [1.165, 1.54) is 59.2 Å². The van der Waals surface area contributed by atoms with E-state index in [-0.39, 0.29) is 52.3 Å². The number of carbonyl (C=O) groups excluding carboxylic acids is 4. The topological polar surface area (TPSA) is 105 Å². The molecule has 1 unspecified atom stereocenters. The van der Waals surface area contributed by atoms with E-state index in [0.717, 1.165) is 70.1 Å². The maximum Gasteiger partial charge on any atom is 0.338 e. The van der Waals surface area contributed by atoms with Crippen LogP contribution in [0.15, 0.2) is 95.6 Å². The van der Waals surface area contributed by atoms with Crippen LogP contribution in [0.5, 0.6) is 0 Å². The van der Waals surface area contributed by atoms with Crippen LogP contribution in [0.2, 0.25) is 0 Å². The third kappa shape index (κ3) is 9.96. The van der Waals surface area contributed by atoms with Crippen molar-refractivity contribution in [3.63, 3.8) is 0 Å². The summed E-state index contributed by atoms with van der Waals surface area (Å²) in [6.07, 6.45) is 27.8. The molecule has 8 nitrogen and oxygen atoms in total. The Hall–Kier alpha value is -4.46. The molecule has 5 fully saturated rings. The molecule has 8 aliphatic rings. The molecule has 0 saturated heterocycles. The summed E-state index contributed by atoms with van der Waals surface area (Å²) in [6, 6.07) is 18.8. The number of rotatable bonds is 12. The molecule has 0 aliphatic heterocycles. The van der Waals surface area contributed by atoms with E-state index in [9.17, 15) is 19.2 Å². The highest BCUT2D eigenvalue weighted by atomic mass is 16.5. The Morgan fingerprint density at radius 2 is 1.07 bits per heavy atom. The number of fused-ring (bicyclic) bond motifs is 10. The second-order valence-corrected chi connectivity index (χ2v) is 25.0. The van der Waals surface area contributed by atoms with E-state index in [4.69, 9.17) is 18.9 Å². The van der Waals surface area contributed by atoms with Gasteiger partial charge < -0.3 is 18.9 Å². The Bertz CT molecular complexity index is 2290. The van der Waals surface area contributed by atoms with Gasteiger partial charge in [0.25, 0.3) is 0 Å². The van der Waals surface area contributed by atoms with Gasteiger partial charge in [0.1, 0.15) is 12.2 Å². The predicted molar refractivity (Wildman–Crippen MR) is 282 cm³/mol. The summed E-state index contributed by atoms with van der Waals surface area (Å²) in [5.74, 6) is 5.06. The summed E-state index contributed by atoms with van der Waals surface area (Å²) in [5, 5.41) is 0. The molecule has 0 heterocycles. The van der Waals surface area contributed by atoms with Gasteiger partial charge in [0.05, 0.1) is 25.3 Å². The van der Waals surface area contributed by atoms with Gasteiger partial charge >= 0.3 is 23.9 Å². The zero-order chi connectivity index (χ0) is 51.0. The lowest BCUT2D eigenvalue weighted by atomic mass is 9.48. The summed E-state index contributed by atoms with van der Waals surface area (Å²) in [4.78, 5) is 48.8. The van der Waals surface area contributed by atoms with Gasteiger partial charge in [-0.05, 0) is 208 Å². The van der Waals surface area contributed by atoms with E-state index in [0.29, 0.717) is 76.7 Å². The van der Waals surface area contributed by atoms with E-state index in [1.54, 1.807) is 16.7 Å². The summed E-state index contributed by atoms with van der Waals surface area (Å²) >= 11 is 0. The van der Waals surface area contributed by atoms with Gasteiger partial charge in [-0.15, -0.1) is 0 Å². The molecule has 0 aromatic heterocycles. The molecule has 0 amide bonds. The van der Waals surface area contributed by atoms with Crippen molar-refractivity contribution in [2.24, 2.45) is 74.9 Å². The number of hydrogen-bond acceptors (Lipinski definition) is 8. The van der Waals surface area contributed by atoms with Crippen LogP contribution < -0.4 is 0 Å². The zero-order valence-electron chi connectivity index (χ0n) is 45.1. The smallest absolute Gasteiger partial charge is 0.338 e. The van der Waals surface area contributed by atoms with Gasteiger partial charge in [0, 0.05) is 12.8 Å². The molecule has 5 saturated carbocycles. The molecule has 8 aliphatic carbocycles. The first-order chi connectivity index (χ1) is 34.5. The van der Waals surface area contributed by atoms with Crippen LogP contribution in [0.3, 0.4) is 0 Å². The standard InChI is InChI=1S/C32H44O4.C32H42O4/c2*1-21(10-15-29(33)35-4)26-13-14-27-25-12-11-23-20-24(36-30(34)22-8-6-5-7-9-22)16-18-31(23,2)28(25)17-19-32(26,27)3/h5-9,17,21,23-27H,10-16,18-20H2,1-4H3;5-9,13,17,21,23-25,27H,10-12,14-16,18-20H2,1-4H3/t21-,23-,24-,25+,26?,27+,31+,32-;21-,23-,24-,25+,27+,31+,32-/m11/s1. The Labute approximate surface area is 431 Å². The molecule has 8 heteroatoms. The van der Waals surface area contributed by atoms with Gasteiger partial charge in [0.15, 0.2) is 0 Å². The molecule has 0 N–H and O–H groups in total. The molecule has 2 aromatic carbocycles. The van der Waals surface area contributed by atoms with Crippen molar-refractivity contribution >= 4 is 23.9 Å². The van der Waals surface area contributed by atoms with Crippen molar-refractivity contribution in [1.29, 1.82) is 0 Å². The lowest BCUT2D eigenvalue weighted by Gasteiger charge is -2.57. The van der Waals surface area contributed by atoms with Crippen molar-refractivity contribution in [1.82, 2.24) is 0 Å². The van der Waals surface area contributed by atoms with Crippen LogP contribution >= 0.6 is 0 Å². The molecular formula is C64H86O8. The predicted octanol–water partition coefficient (Wildman–Crippen LogP) is 14.7. The number of carbonyl (C=O) groups is 4.